The third kappa shape index (κ3) is 3.42. The number of nitriles is 1. The summed E-state index contributed by atoms with van der Waals surface area (Å²) in [6, 6.07) is 3.87. The summed E-state index contributed by atoms with van der Waals surface area (Å²) in [4.78, 5) is 21.5. The van der Waals surface area contributed by atoms with E-state index in [9.17, 15) is 4.79 Å². The highest BCUT2D eigenvalue weighted by Crippen LogP contribution is 2.13. The van der Waals surface area contributed by atoms with Crippen molar-refractivity contribution in [1.82, 2.24) is 9.97 Å². The van der Waals surface area contributed by atoms with Crippen LogP contribution >= 0.6 is 0 Å². The van der Waals surface area contributed by atoms with Gasteiger partial charge in [0.25, 0.3) is 0 Å². The van der Waals surface area contributed by atoms with Gasteiger partial charge in [0, 0.05) is 24.8 Å². The number of anilines is 1. The summed E-state index contributed by atoms with van der Waals surface area (Å²) in [5, 5.41) is 8.61. The van der Waals surface area contributed by atoms with Gasteiger partial charge in [-0.1, -0.05) is 0 Å². The van der Waals surface area contributed by atoms with E-state index >= 15 is 0 Å². The normalized spacial score (nSPS) is 9.67. The Labute approximate surface area is 106 Å². The van der Waals surface area contributed by atoms with E-state index < -0.39 is 5.97 Å². The van der Waals surface area contributed by atoms with Gasteiger partial charge in [0.1, 0.15) is 5.82 Å². The Morgan fingerprint density at radius 2 is 2.28 bits per heavy atom. The summed E-state index contributed by atoms with van der Waals surface area (Å²) < 4.78 is 4.61. The number of aryl methyl sites for hydroxylation is 1. The lowest BCUT2D eigenvalue weighted by molar-refractivity contribution is 0.0586. The number of rotatable bonds is 5. The van der Waals surface area contributed by atoms with Crippen LogP contribution in [0.3, 0.4) is 0 Å². The molecule has 1 aromatic rings. The first-order valence-electron chi connectivity index (χ1n) is 5.68. The fraction of sp³-hybridized carbons (Fsp3) is 0.500. The van der Waals surface area contributed by atoms with Gasteiger partial charge in [-0.25, -0.2) is 14.8 Å². The van der Waals surface area contributed by atoms with Gasteiger partial charge >= 0.3 is 5.97 Å². The summed E-state index contributed by atoms with van der Waals surface area (Å²) >= 11 is 0. The van der Waals surface area contributed by atoms with Crippen LogP contribution in [0.15, 0.2) is 6.07 Å². The fourth-order valence-corrected chi connectivity index (χ4v) is 1.52. The van der Waals surface area contributed by atoms with E-state index in [4.69, 9.17) is 5.26 Å². The molecule has 0 bridgehead atoms. The molecule has 1 heterocycles. The highest BCUT2D eigenvalue weighted by molar-refractivity contribution is 5.85. The summed E-state index contributed by atoms with van der Waals surface area (Å²) in [5.41, 5.74) is 0.691. The highest BCUT2D eigenvalue weighted by Gasteiger charge is 2.14. The van der Waals surface area contributed by atoms with Crippen LogP contribution in [0.1, 0.15) is 29.7 Å². The lowest BCUT2D eigenvalue weighted by atomic mass is 10.3. The van der Waals surface area contributed by atoms with E-state index in [1.54, 1.807) is 13.0 Å². The van der Waals surface area contributed by atoms with Crippen LogP contribution in [0.5, 0.6) is 0 Å². The van der Waals surface area contributed by atoms with Gasteiger partial charge in [-0.05, 0) is 13.8 Å². The molecule has 0 saturated heterocycles. The lowest BCUT2D eigenvalue weighted by Crippen LogP contribution is -2.26. The molecule has 0 amide bonds. The minimum absolute atomic E-state index is 0.0444. The first kappa shape index (κ1) is 13.9. The standard InChI is InChI=1S/C12H16N4O2/c1-4-16(7-5-6-13)10-8-9(2)14-11(15-10)12(17)18-3/h8H,4-5,7H2,1-3H3. The van der Waals surface area contributed by atoms with Crippen LogP contribution in [0.4, 0.5) is 5.82 Å². The number of hydrogen-bond donors (Lipinski definition) is 0. The molecule has 0 aliphatic carbocycles. The van der Waals surface area contributed by atoms with E-state index in [0.717, 1.165) is 0 Å². The van der Waals surface area contributed by atoms with E-state index in [2.05, 4.69) is 20.8 Å². The molecule has 0 atom stereocenters. The second kappa shape index (κ2) is 6.55. The number of carbonyl (C=O) groups excluding carboxylic acids is 1. The highest BCUT2D eigenvalue weighted by atomic mass is 16.5. The Balaban J connectivity index is 3.04. The van der Waals surface area contributed by atoms with Crippen LogP contribution in [0.2, 0.25) is 0 Å². The van der Waals surface area contributed by atoms with Gasteiger partial charge in [0.05, 0.1) is 19.6 Å². The zero-order chi connectivity index (χ0) is 13.5. The number of ether oxygens (including phenoxy) is 1. The summed E-state index contributed by atoms with van der Waals surface area (Å²) in [6.07, 6.45) is 0.407. The Morgan fingerprint density at radius 1 is 1.56 bits per heavy atom. The number of hydrogen-bond acceptors (Lipinski definition) is 6. The zero-order valence-corrected chi connectivity index (χ0v) is 10.8. The van der Waals surface area contributed by atoms with Crippen molar-refractivity contribution in [2.75, 3.05) is 25.1 Å². The Kier molecular flexibility index (Phi) is 5.06. The maximum absolute atomic E-state index is 11.4. The summed E-state index contributed by atoms with van der Waals surface area (Å²) in [5.74, 6) is 0.125. The topological polar surface area (TPSA) is 79.1 Å². The average molecular weight is 248 g/mol. The number of nitrogens with zero attached hydrogens (tertiary/aromatic N) is 4. The van der Waals surface area contributed by atoms with Crippen LogP contribution in [0, 0.1) is 18.3 Å². The molecule has 0 aliphatic rings. The molecule has 6 heteroatoms. The molecule has 0 N–H and O–H groups in total. The van der Waals surface area contributed by atoms with Crippen LogP contribution in [-0.2, 0) is 4.74 Å². The Hall–Kier alpha value is -2.16. The largest absolute Gasteiger partial charge is 0.463 e. The maximum atomic E-state index is 11.4. The number of aromatic nitrogens is 2. The minimum atomic E-state index is -0.559. The van der Waals surface area contributed by atoms with E-state index in [0.29, 0.717) is 31.0 Å². The fourth-order valence-electron chi connectivity index (χ4n) is 1.52. The van der Waals surface area contributed by atoms with Gasteiger partial charge < -0.3 is 9.64 Å². The molecule has 0 unspecified atom stereocenters. The number of carbonyl (C=O) groups is 1. The lowest BCUT2D eigenvalue weighted by Gasteiger charge is -2.21. The molecule has 96 valence electrons. The molecule has 0 fully saturated rings. The molecule has 6 nitrogen and oxygen atoms in total. The van der Waals surface area contributed by atoms with Gasteiger partial charge in [-0.2, -0.15) is 5.26 Å². The maximum Gasteiger partial charge on any atom is 0.376 e. The molecular weight excluding hydrogens is 232 g/mol. The van der Waals surface area contributed by atoms with E-state index in [-0.39, 0.29) is 5.82 Å². The Morgan fingerprint density at radius 3 is 2.83 bits per heavy atom. The van der Waals surface area contributed by atoms with Gasteiger partial charge in [-0.3, -0.25) is 0 Å². The molecule has 1 rings (SSSR count). The Bertz CT molecular complexity index is 468. The van der Waals surface area contributed by atoms with Crippen LogP contribution in [-0.4, -0.2) is 36.1 Å². The molecule has 0 aliphatic heterocycles. The summed E-state index contributed by atoms with van der Waals surface area (Å²) in [6.45, 7) is 5.03. The van der Waals surface area contributed by atoms with E-state index in [1.165, 1.54) is 7.11 Å². The van der Waals surface area contributed by atoms with Gasteiger partial charge in [-0.15, -0.1) is 0 Å². The first-order valence-corrected chi connectivity index (χ1v) is 5.68. The SMILES string of the molecule is CCN(CCC#N)c1cc(C)nc(C(=O)OC)n1. The van der Waals surface area contributed by atoms with Gasteiger partial charge in [0.2, 0.25) is 5.82 Å². The van der Waals surface area contributed by atoms with Crippen molar-refractivity contribution in [1.29, 1.82) is 5.26 Å². The minimum Gasteiger partial charge on any atom is -0.463 e. The van der Waals surface area contributed by atoms with Gasteiger partial charge in [0.15, 0.2) is 0 Å². The van der Waals surface area contributed by atoms with Crippen LogP contribution < -0.4 is 4.90 Å². The van der Waals surface area contributed by atoms with Crippen LogP contribution in [0.25, 0.3) is 0 Å². The quantitative estimate of drug-likeness (QED) is 0.731. The molecule has 0 saturated carbocycles. The molecular formula is C12H16N4O2. The zero-order valence-electron chi connectivity index (χ0n) is 10.8. The van der Waals surface area contributed by atoms with Crippen molar-refractivity contribution in [2.24, 2.45) is 0 Å². The van der Waals surface area contributed by atoms with Crippen molar-refractivity contribution in [2.45, 2.75) is 20.3 Å². The summed E-state index contributed by atoms with van der Waals surface area (Å²) in [7, 11) is 1.29. The average Bonchev–Trinajstić information content (AvgIpc) is 2.38. The predicted octanol–water partition coefficient (Wildman–Crippen LogP) is 1.31. The van der Waals surface area contributed by atoms with Crippen molar-refractivity contribution < 1.29 is 9.53 Å². The second-order valence-electron chi connectivity index (χ2n) is 3.67. The number of esters is 1. The molecule has 0 aromatic carbocycles. The molecule has 1 aromatic heterocycles. The van der Waals surface area contributed by atoms with Crippen molar-refractivity contribution in [3.63, 3.8) is 0 Å². The number of methoxy groups -OCH3 is 1. The monoisotopic (exact) mass is 248 g/mol. The van der Waals surface area contributed by atoms with Crippen molar-refractivity contribution in [3.8, 4) is 6.07 Å². The smallest absolute Gasteiger partial charge is 0.376 e. The molecule has 0 spiro atoms. The third-order valence-corrected chi connectivity index (χ3v) is 2.41. The first-order chi connectivity index (χ1) is 8.62. The van der Waals surface area contributed by atoms with Crippen molar-refractivity contribution >= 4 is 11.8 Å². The molecule has 18 heavy (non-hydrogen) atoms. The third-order valence-electron chi connectivity index (χ3n) is 2.41. The molecule has 0 radical (unpaired) electrons. The predicted molar refractivity (Wildman–Crippen MR) is 66.2 cm³/mol. The second-order valence-corrected chi connectivity index (χ2v) is 3.67. The van der Waals surface area contributed by atoms with Crippen molar-refractivity contribution in [3.05, 3.63) is 17.6 Å². The van der Waals surface area contributed by atoms with E-state index in [1.807, 2.05) is 11.8 Å².